The van der Waals surface area contributed by atoms with Crippen molar-refractivity contribution in [1.82, 2.24) is 10.2 Å². The van der Waals surface area contributed by atoms with Gasteiger partial charge in [-0.25, -0.2) is 0 Å². The number of nitrogens with zero attached hydrogens (tertiary/aromatic N) is 3. The maximum atomic E-state index is 12.9. The zero-order chi connectivity index (χ0) is 22.3. The second-order valence-electron chi connectivity index (χ2n) is 7.42. The van der Waals surface area contributed by atoms with Crippen molar-refractivity contribution in [2.75, 3.05) is 6.54 Å². The molecule has 2 rings (SSSR count). The lowest BCUT2D eigenvalue weighted by molar-refractivity contribution is -0.384. The number of nitrogens with one attached hydrogen (secondary N) is 1. The van der Waals surface area contributed by atoms with Crippen LogP contribution in [0.1, 0.15) is 33.3 Å². The Hall–Kier alpha value is -2.78. The van der Waals surface area contributed by atoms with E-state index in [1.54, 1.807) is 0 Å². The smallest absolute Gasteiger partial charge is 0.283 e. The highest BCUT2D eigenvalue weighted by molar-refractivity contribution is 7.90. The molecule has 2 aromatic rings. The molecule has 0 aromatic heterocycles. The van der Waals surface area contributed by atoms with Crippen molar-refractivity contribution in [3.8, 4) is 0 Å². The van der Waals surface area contributed by atoms with Gasteiger partial charge in [0.05, 0.1) is 16.4 Å². The van der Waals surface area contributed by atoms with Crippen molar-refractivity contribution in [3.05, 3.63) is 70.3 Å². The van der Waals surface area contributed by atoms with Crippen LogP contribution >= 0.6 is 0 Å². The van der Waals surface area contributed by atoms with Crippen molar-refractivity contribution >= 4 is 21.5 Å². The number of hydrogen-bond donors (Lipinski definition) is 1. The molecule has 0 fully saturated rings. The van der Waals surface area contributed by atoms with Gasteiger partial charge in [-0.1, -0.05) is 30.3 Å². The van der Waals surface area contributed by atoms with E-state index < -0.39 is 14.9 Å². The minimum absolute atomic E-state index is 0.0364. The number of hydrogen-bond acceptors (Lipinski definition) is 5. The summed E-state index contributed by atoms with van der Waals surface area (Å²) in [5.74, 6) is 0.397. The second-order valence-corrected chi connectivity index (χ2v) is 9.02. The Balaban J connectivity index is 2.33. The first-order chi connectivity index (χ1) is 14.1. The summed E-state index contributed by atoms with van der Waals surface area (Å²) in [5.41, 5.74) is 0.907. The Labute approximate surface area is 177 Å². The molecule has 0 spiro atoms. The summed E-state index contributed by atoms with van der Waals surface area (Å²) in [6.07, 6.45) is 0. The van der Waals surface area contributed by atoms with Crippen molar-refractivity contribution in [1.29, 1.82) is 0 Å². The maximum absolute atomic E-state index is 12.9. The van der Waals surface area contributed by atoms with E-state index in [9.17, 15) is 18.5 Å². The zero-order valence-corrected chi connectivity index (χ0v) is 18.5. The summed E-state index contributed by atoms with van der Waals surface area (Å²) in [5, 5.41) is 14.1. The van der Waals surface area contributed by atoms with Gasteiger partial charge in [0, 0.05) is 30.8 Å². The van der Waals surface area contributed by atoms with Gasteiger partial charge in [-0.2, -0.15) is 8.42 Å². The van der Waals surface area contributed by atoms with Crippen LogP contribution in [0.15, 0.2) is 63.9 Å². The molecule has 162 valence electrons. The monoisotopic (exact) mass is 432 g/mol. The lowest BCUT2D eigenvalue weighted by Gasteiger charge is -2.34. The first-order valence-corrected chi connectivity index (χ1v) is 11.2. The number of amidine groups is 1. The number of benzene rings is 2. The number of nitro benzene ring substituents is 1. The fraction of sp³-hybridized carbons (Fsp3) is 0.381. The van der Waals surface area contributed by atoms with Crippen LogP contribution in [0.25, 0.3) is 0 Å². The van der Waals surface area contributed by atoms with Gasteiger partial charge < -0.3 is 10.2 Å². The summed E-state index contributed by atoms with van der Waals surface area (Å²) >= 11 is 0. The van der Waals surface area contributed by atoms with Crippen LogP contribution in [0.3, 0.4) is 0 Å². The third-order valence-electron chi connectivity index (χ3n) is 4.44. The highest BCUT2D eigenvalue weighted by atomic mass is 32.2. The molecular formula is C21H28N4O4S. The predicted molar refractivity (Wildman–Crippen MR) is 118 cm³/mol. The van der Waals surface area contributed by atoms with Crippen molar-refractivity contribution < 1.29 is 13.3 Å². The Morgan fingerprint density at radius 2 is 1.60 bits per heavy atom. The van der Waals surface area contributed by atoms with Gasteiger partial charge in [0.1, 0.15) is 5.84 Å². The largest absolute Gasteiger partial charge is 0.353 e. The van der Waals surface area contributed by atoms with Crippen LogP contribution in [0.5, 0.6) is 0 Å². The van der Waals surface area contributed by atoms with Crippen LogP contribution < -0.4 is 5.32 Å². The molecule has 0 saturated carbocycles. The molecular weight excluding hydrogens is 404 g/mol. The van der Waals surface area contributed by atoms with E-state index in [1.165, 1.54) is 24.3 Å². The van der Waals surface area contributed by atoms with E-state index in [-0.39, 0.29) is 29.2 Å². The van der Waals surface area contributed by atoms with Crippen LogP contribution in [0.4, 0.5) is 5.69 Å². The highest BCUT2D eigenvalue weighted by Gasteiger charge is 2.23. The quantitative estimate of drug-likeness (QED) is 0.281. The Morgan fingerprint density at radius 3 is 2.10 bits per heavy atom. The van der Waals surface area contributed by atoms with Gasteiger partial charge >= 0.3 is 0 Å². The topological polar surface area (TPSA) is 105 Å². The molecule has 0 aliphatic heterocycles. The summed E-state index contributed by atoms with van der Waals surface area (Å²) in [6, 6.07) is 14.6. The van der Waals surface area contributed by atoms with Crippen molar-refractivity contribution in [3.63, 3.8) is 0 Å². The van der Waals surface area contributed by atoms with Gasteiger partial charge in [-0.05, 0) is 45.4 Å². The lowest BCUT2D eigenvalue weighted by atomic mass is 10.2. The summed E-state index contributed by atoms with van der Waals surface area (Å²) in [4.78, 5) is 12.1. The molecule has 0 heterocycles. The Bertz CT molecular complexity index is 964. The standard InChI is InChI=1S/C21H28N4O4S/c1-16(2)24(17(3)4)21(15-22-14-18-8-6-5-7-9-18)23-30(28,29)20-12-10-19(11-13-20)25(26)27/h5-13,16-17,22H,14-15H2,1-4H3/b23-21+. The molecule has 0 amide bonds. The molecule has 8 nitrogen and oxygen atoms in total. The number of rotatable bonds is 9. The van der Waals surface area contributed by atoms with E-state index >= 15 is 0 Å². The minimum Gasteiger partial charge on any atom is -0.353 e. The number of nitro groups is 1. The van der Waals surface area contributed by atoms with Crippen molar-refractivity contribution in [2.45, 2.75) is 51.2 Å². The van der Waals surface area contributed by atoms with Gasteiger partial charge in [-0.15, -0.1) is 4.40 Å². The summed E-state index contributed by atoms with van der Waals surface area (Å²) < 4.78 is 29.9. The van der Waals surface area contributed by atoms with Crippen LogP contribution in [0, 0.1) is 10.1 Å². The van der Waals surface area contributed by atoms with Crippen LogP contribution in [-0.2, 0) is 16.6 Å². The maximum Gasteiger partial charge on any atom is 0.283 e. The molecule has 0 atom stereocenters. The van der Waals surface area contributed by atoms with E-state index in [0.29, 0.717) is 12.4 Å². The first-order valence-electron chi connectivity index (χ1n) is 9.73. The van der Waals surface area contributed by atoms with Gasteiger partial charge in [0.15, 0.2) is 0 Å². The molecule has 0 saturated heterocycles. The molecule has 30 heavy (non-hydrogen) atoms. The Kier molecular flexibility index (Phi) is 8.08. The fourth-order valence-corrected chi connectivity index (χ4v) is 4.23. The summed E-state index contributed by atoms with van der Waals surface area (Å²) in [6.45, 7) is 8.74. The molecule has 9 heteroatoms. The molecule has 0 bridgehead atoms. The number of sulfonamides is 1. The average molecular weight is 433 g/mol. The molecule has 0 aliphatic carbocycles. The normalized spacial score (nSPS) is 12.4. The fourth-order valence-electron chi connectivity index (χ4n) is 3.21. The van der Waals surface area contributed by atoms with Crippen molar-refractivity contribution in [2.24, 2.45) is 4.40 Å². The van der Waals surface area contributed by atoms with Crippen LogP contribution in [-0.4, -0.2) is 42.7 Å². The van der Waals surface area contributed by atoms with Gasteiger partial charge in [-0.3, -0.25) is 10.1 Å². The predicted octanol–water partition coefficient (Wildman–Crippen LogP) is 3.59. The first kappa shape index (κ1) is 23.5. The third-order valence-corrected chi connectivity index (χ3v) is 5.76. The number of non-ortho nitro benzene ring substituents is 1. The second kappa shape index (κ2) is 10.3. The van der Waals surface area contributed by atoms with Gasteiger partial charge in [0.25, 0.3) is 15.7 Å². The zero-order valence-electron chi connectivity index (χ0n) is 17.6. The van der Waals surface area contributed by atoms with E-state index in [2.05, 4.69) is 9.71 Å². The molecule has 0 aliphatic rings. The van der Waals surface area contributed by atoms with E-state index in [0.717, 1.165) is 5.56 Å². The third kappa shape index (κ3) is 6.36. The minimum atomic E-state index is -4.03. The van der Waals surface area contributed by atoms with Gasteiger partial charge in [0.2, 0.25) is 0 Å². The molecule has 1 N–H and O–H groups in total. The Morgan fingerprint density at radius 1 is 1.03 bits per heavy atom. The average Bonchev–Trinajstić information content (AvgIpc) is 2.68. The highest BCUT2D eigenvalue weighted by Crippen LogP contribution is 2.19. The molecule has 2 aromatic carbocycles. The SMILES string of the molecule is CC(C)N(/C(CNCc1ccccc1)=N/S(=O)(=O)c1ccc([N+](=O)[O-])cc1)C(C)C. The lowest BCUT2D eigenvalue weighted by Crippen LogP contribution is -2.46. The summed E-state index contributed by atoms with van der Waals surface area (Å²) in [7, 11) is -4.03. The molecule has 0 unspecified atom stereocenters. The van der Waals surface area contributed by atoms with E-state index in [1.807, 2.05) is 62.9 Å². The van der Waals surface area contributed by atoms with E-state index in [4.69, 9.17) is 0 Å². The van der Waals surface area contributed by atoms with Crippen LogP contribution in [0.2, 0.25) is 0 Å². The molecule has 0 radical (unpaired) electrons.